The van der Waals surface area contributed by atoms with Gasteiger partial charge in [-0.3, -0.25) is 4.79 Å². The van der Waals surface area contributed by atoms with Gasteiger partial charge in [0.25, 0.3) is 0 Å². The van der Waals surface area contributed by atoms with Crippen LogP contribution in [0.25, 0.3) is 0 Å². The van der Waals surface area contributed by atoms with Crippen molar-refractivity contribution >= 4 is 16.0 Å². The number of carbonyl (C=O) groups is 1. The average Bonchev–Trinajstić information content (AvgIpc) is 2.12. The summed E-state index contributed by atoms with van der Waals surface area (Å²) in [5.74, 6) is -0.789. The van der Waals surface area contributed by atoms with Crippen molar-refractivity contribution in [2.75, 3.05) is 7.11 Å². The van der Waals surface area contributed by atoms with Gasteiger partial charge in [0.05, 0.1) is 13.2 Å². The zero-order valence-electron chi connectivity index (χ0n) is 8.63. The van der Waals surface area contributed by atoms with Crippen LogP contribution in [0.15, 0.2) is 0 Å². The zero-order chi connectivity index (χ0) is 11.6. The van der Waals surface area contributed by atoms with E-state index in [2.05, 4.69) is 9.46 Å². The molecule has 0 spiro atoms. The lowest BCUT2D eigenvalue weighted by atomic mass is 9.91. The maximum Gasteiger partial charge on any atom is 0.325 e. The summed E-state index contributed by atoms with van der Waals surface area (Å²) in [5, 5.41) is 7.76. The number of sulfonamides is 1. The molecule has 1 unspecified atom stereocenters. The standard InChI is InChI=1S/C8H15NO5S/c1-5(8(11)14-2)15(12,13)9-6-3-7(10)4-6/h5-7,9-10H,3-4H2,1-2H3. The predicted molar refractivity (Wildman–Crippen MR) is 52.6 cm³/mol. The number of aliphatic hydroxyl groups is 1. The minimum absolute atomic E-state index is 0.267. The lowest BCUT2D eigenvalue weighted by molar-refractivity contribution is -0.139. The van der Waals surface area contributed by atoms with Crippen molar-refractivity contribution in [3.8, 4) is 0 Å². The second-order valence-electron chi connectivity index (χ2n) is 3.65. The Labute approximate surface area is 88.7 Å². The van der Waals surface area contributed by atoms with E-state index in [1.807, 2.05) is 0 Å². The molecular weight excluding hydrogens is 222 g/mol. The van der Waals surface area contributed by atoms with Gasteiger partial charge >= 0.3 is 5.97 Å². The summed E-state index contributed by atoms with van der Waals surface area (Å²) in [7, 11) is -2.55. The molecule has 6 nitrogen and oxygen atoms in total. The van der Waals surface area contributed by atoms with Gasteiger partial charge in [-0.25, -0.2) is 13.1 Å². The van der Waals surface area contributed by atoms with Gasteiger partial charge in [-0.2, -0.15) is 0 Å². The first-order chi connectivity index (χ1) is 6.86. The molecule has 0 aliphatic heterocycles. The molecule has 0 aromatic carbocycles. The average molecular weight is 237 g/mol. The molecule has 0 aromatic rings. The topological polar surface area (TPSA) is 92.7 Å². The van der Waals surface area contributed by atoms with Crippen LogP contribution in [0.4, 0.5) is 0 Å². The van der Waals surface area contributed by atoms with Crippen LogP contribution in [0.2, 0.25) is 0 Å². The molecule has 0 saturated heterocycles. The minimum atomic E-state index is -3.69. The third kappa shape index (κ3) is 2.90. The first-order valence-electron chi connectivity index (χ1n) is 4.64. The molecule has 1 aliphatic rings. The molecule has 7 heteroatoms. The molecule has 1 atom stereocenters. The number of methoxy groups -OCH3 is 1. The second-order valence-corrected chi connectivity index (χ2v) is 5.68. The molecule has 15 heavy (non-hydrogen) atoms. The van der Waals surface area contributed by atoms with Crippen molar-refractivity contribution in [3.05, 3.63) is 0 Å². The van der Waals surface area contributed by atoms with Crippen LogP contribution < -0.4 is 4.72 Å². The van der Waals surface area contributed by atoms with Gasteiger partial charge in [0.1, 0.15) is 0 Å². The highest BCUT2D eigenvalue weighted by Crippen LogP contribution is 2.20. The van der Waals surface area contributed by atoms with Crippen molar-refractivity contribution < 1.29 is 23.1 Å². The van der Waals surface area contributed by atoms with E-state index in [-0.39, 0.29) is 6.04 Å². The highest BCUT2D eigenvalue weighted by atomic mass is 32.2. The van der Waals surface area contributed by atoms with E-state index in [9.17, 15) is 13.2 Å². The van der Waals surface area contributed by atoms with E-state index >= 15 is 0 Å². The summed E-state index contributed by atoms with van der Waals surface area (Å²) >= 11 is 0. The molecule has 1 fully saturated rings. The molecule has 1 rings (SSSR count). The lowest BCUT2D eigenvalue weighted by Gasteiger charge is -2.32. The third-order valence-electron chi connectivity index (χ3n) is 2.44. The van der Waals surface area contributed by atoms with Crippen LogP contribution in [-0.4, -0.2) is 44.0 Å². The van der Waals surface area contributed by atoms with Crippen LogP contribution in [0, 0.1) is 0 Å². The number of carbonyl (C=O) groups excluding carboxylic acids is 1. The van der Waals surface area contributed by atoms with Crippen molar-refractivity contribution in [1.29, 1.82) is 0 Å². The summed E-state index contributed by atoms with van der Waals surface area (Å²) in [6.07, 6.45) is 0.353. The van der Waals surface area contributed by atoms with Crippen LogP contribution in [-0.2, 0) is 19.6 Å². The Hall–Kier alpha value is -0.660. The first-order valence-corrected chi connectivity index (χ1v) is 6.18. The van der Waals surface area contributed by atoms with Gasteiger partial charge < -0.3 is 9.84 Å². The summed E-state index contributed by atoms with van der Waals surface area (Å²) in [4.78, 5) is 11.0. The van der Waals surface area contributed by atoms with Crippen molar-refractivity contribution in [2.24, 2.45) is 0 Å². The molecule has 0 radical (unpaired) electrons. The largest absolute Gasteiger partial charge is 0.468 e. The maximum atomic E-state index is 11.5. The lowest BCUT2D eigenvalue weighted by Crippen LogP contribution is -2.50. The highest BCUT2D eigenvalue weighted by molar-refractivity contribution is 7.90. The van der Waals surface area contributed by atoms with Crippen LogP contribution >= 0.6 is 0 Å². The number of esters is 1. The van der Waals surface area contributed by atoms with Crippen molar-refractivity contribution in [3.63, 3.8) is 0 Å². The summed E-state index contributed by atoms with van der Waals surface area (Å²) in [5.41, 5.74) is 0. The van der Waals surface area contributed by atoms with Crippen molar-refractivity contribution in [1.82, 2.24) is 4.72 Å². The van der Waals surface area contributed by atoms with Crippen LogP contribution in [0.3, 0.4) is 0 Å². The van der Waals surface area contributed by atoms with Gasteiger partial charge in [0.2, 0.25) is 10.0 Å². The number of ether oxygens (including phenoxy) is 1. The zero-order valence-corrected chi connectivity index (χ0v) is 9.45. The Kier molecular flexibility index (Phi) is 3.69. The molecule has 0 amide bonds. The Morgan fingerprint density at radius 3 is 2.47 bits per heavy atom. The molecule has 1 aliphatic carbocycles. The SMILES string of the molecule is COC(=O)C(C)S(=O)(=O)NC1CC(O)C1. The Balaban J connectivity index is 2.55. The maximum absolute atomic E-state index is 11.5. The smallest absolute Gasteiger partial charge is 0.325 e. The molecule has 0 bridgehead atoms. The van der Waals surface area contributed by atoms with Gasteiger partial charge in [-0.15, -0.1) is 0 Å². The van der Waals surface area contributed by atoms with E-state index < -0.39 is 27.3 Å². The monoisotopic (exact) mass is 237 g/mol. The Bertz CT molecular complexity index is 333. The van der Waals surface area contributed by atoms with E-state index in [1.54, 1.807) is 0 Å². The normalized spacial score (nSPS) is 27.9. The Morgan fingerprint density at radius 2 is 2.07 bits per heavy atom. The fourth-order valence-electron chi connectivity index (χ4n) is 1.31. The summed E-state index contributed by atoms with van der Waals surface area (Å²) in [6, 6.07) is -0.267. The molecule has 1 saturated carbocycles. The molecule has 88 valence electrons. The van der Waals surface area contributed by atoms with E-state index in [0.717, 1.165) is 7.11 Å². The molecule has 0 aromatic heterocycles. The number of aliphatic hydroxyl groups excluding tert-OH is 1. The van der Waals surface area contributed by atoms with Crippen LogP contribution in [0.5, 0.6) is 0 Å². The number of nitrogens with one attached hydrogen (secondary N) is 1. The second kappa shape index (κ2) is 4.46. The number of hydrogen-bond donors (Lipinski definition) is 2. The third-order valence-corrected chi connectivity index (χ3v) is 4.23. The van der Waals surface area contributed by atoms with Crippen molar-refractivity contribution in [2.45, 2.75) is 37.2 Å². The van der Waals surface area contributed by atoms with Gasteiger partial charge in [-0.05, 0) is 19.8 Å². The van der Waals surface area contributed by atoms with Gasteiger partial charge in [-0.1, -0.05) is 0 Å². The molecule has 0 heterocycles. The summed E-state index contributed by atoms with van der Waals surface area (Å²) in [6.45, 7) is 1.27. The number of rotatable bonds is 4. The quantitative estimate of drug-likeness (QED) is 0.611. The molecule has 2 N–H and O–H groups in total. The van der Waals surface area contributed by atoms with Gasteiger partial charge in [0, 0.05) is 6.04 Å². The minimum Gasteiger partial charge on any atom is -0.468 e. The summed E-state index contributed by atoms with van der Waals surface area (Å²) < 4.78 is 29.8. The van der Waals surface area contributed by atoms with E-state index in [1.165, 1.54) is 6.92 Å². The Morgan fingerprint density at radius 1 is 1.53 bits per heavy atom. The van der Waals surface area contributed by atoms with Gasteiger partial charge in [0.15, 0.2) is 5.25 Å². The van der Waals surface area contributed by atoms with E-state index in [4.69, 9.17) is 5.11 Å². The first kappa shape index (κ1) is 12.4. The van der Waals surface area contributed by atoms with Crippen LogP contribution in [0.1, 0.15) is 19.8 Å². The predicted octanol–water partition coefficient (Wildman–Crippen LogP) is -1.01. The number of hydrogen-bond acceptors (Lipinski definition) is 5. The molecular formula is C8H15NO5S. The fraction of sp³-hybridized carbons (Fsp3) is 0.875. The fourth-order valence-corrected chi connectivity index (χ4v) is 2.52. The highest BCUT2D eigenvalue weighted by Gasteiger charge is 2.35. The van der Waals surface area contributed by atoms with E-state index in [0.29, 0.717) is 12.8 Å².